The minimum absolute atomic E-state index is 0.293. The maximum atomic E-state index is 10.4. The van der Waals surface area contributed by atoms with Crippen LogP contribution in [0, 0.1) is 10.1 Å². The molecule has 1 aliphatic rings. The molecule has 0 aromatic carbocycles. The molecule has 2 heterocycles. The molecule has 0 unspecified atom stereocenters. The van der Waals surface area contributed by atoms with Gasteiger partial charge in [-0.25, -0.2) is 15.1 Å². The third-order valence-corrected chi connectivity index (χ3v) is 2.75. The van der Waals surface area contributed by atoms with Crippen molar-refractivity contribution in [2.75, 3.05) is 13.1 Å². The van der Waals surface area contributed by atoms with Crippen molar-refractivity contribution in [3.63, 3.8) is 0 Å². The molecule has 0 saturated carbocycles. The number of guanidine groups is 1. The van der Waals surface area contributed by atoms with E-state index in [1.54, 1.807) is 12.3 Å². The third kappa shape index (κ3) is 3.30. The Labute approximate surface area is 109 Å². The minimum atomic E-state index is -0.694. The van der Waals surface area contributed by atoms with Crippen LogP contribution in [0.15, 0.2) is 23.4 Å². The molecular weight excluding hydrogens is 258 g/mol. The predicted molar refractivity (Wildman–Crippen MR) is 66.7 cm³/mol. The first-order valence-corrected chi connectivity index (χ1v) is 5.85. The van der Waals surface area contributed by atoms with Crippen molar-refractivity contribution in [2.24, 2.45) is 5.10 Å². The first kappa shape index (κ1) is 12.6. The number of rotatable bonds is 3. The number of hydrogen-bond acceptors (Lipinski definition) is 3. The van der Waals surface area contributed by atoms with E-state index in [4.69, 9.17) is 11.6 Å². The summed E-state index contributed by atoms with van der Waals surface area (Å²) in [5, 5.41) is 16.4. The van der Waals surface area contributed by atoms with E-state index in [0.29, 0.717) is 24.2 Å². The van der Waals surface area contributed by atoms with Crippen molar-refractivity contribution < 1.29 is 5.03 Å². The van der Waals surface area contributed by atoms with Crippen molar-refractivity contribution in [3.8, 4) is 0 Å². The molecule has 18 heavy (non-hydrogen) atoms. The maximum absolute atomic E-state index is 10.4. The summed E-state index contributed by atoms with van der Waals surface area (Å²) in [4.78, 5) is 16.2. The van der Waals surface area contributed by atoms with Gasteiger partial charge in [-0.2, -0.15) is 0 Å². The summed E-state index contributed by atoms with van der Waals surface area (Å²) in [6, 6.07) is 3.53. The van der Waals surface area contributed by atoms with Crippen molar-refractivity contribution in [1.29, 1.82) is 0 Å². The third-order valence-electron chi connectivity index (χ3n) is 2.53. The minimum Gasteiger partial charge on any atom is -0.351 e. The second-order valence-electron chi connectivity index (χ2n) is 3.85. The molecule has 1 fully saturated rings. The molecule has 1 aromatic rings. The van der Waals surface area contributed by atoms with Crippen LogP contribution >= 0.6 is 11.6 Å². The molecule has 96 valence electrons. The van der Waals surface area contributed by atoms with Crippen LogP contribution in [0.3, 0.4) is 0 Å². The summed E-state index contributed by atoms with van der Waals surface area (Å²) in [6.07, 6.45) is 2.57. The van der Waals surface area contributed by atoms with Gasteiger partial charge in [-0.05, 0) is 18.1 Å². The van der Waals surface area contributed by atoms with Gasteiger partial charge in [0.05, 0.1) is 0 Å². The van der Waals surface area contributed by atoms with E-state index in [1.807, 2.05) is 11.0 Å². The van der Waals surface area contributed by atoms with E-state index >= 15 is 0 Å². The van der Waals surface area contributed by atoms with E-state index in [-0.39, 0.29) is 0 Å². The van der Waals surface area contributed by atoms with Crippen molar-refractivity contribution >= 4 is 17.6 Å². The molecule has 0 atom stereocenters. The van der Waals surface area contributed by atoms with Gasteiger partial charge in [-0.3, -0.25) is 0 Å². The number of nitrogens with zero attached hydrogens (tertiary/aromatic N) is 4. The van der Waals surface area contributed by atoms with Crippen molar-refractivity contribution in [1.82, 2.24) is 15.2 Å². The summed E-state index contributed by atoms with van der Waals surface area (Å²) >= 11 is 5.70. The first-order valence-electron chi connectivity index (χ1n) is 5.47. The molecule has 0 amide bonds. The average molecular weight is 270 g/mol. The van der Waals surface area contributed by atoms with Gasteiger partial charge >= 0.3 is 0 Å². The molecule has 0 spiro atoms. The lowest BCUT2D eigenvalue weighted by Crippen LogP contribution is -2.47. The van der Waals surface area contributed by atoms with Crippen LogP contribution in [-0.4, -0.2) is 34.0 Å². The van der Waals surface area contributed by atoms with Gasteiger partial charge in [-0.15, -0.1) is 0 Å². The molecule has 1 saturated heterocycles. The summed E-state index contributed by atoms with van der Waals surface area (Å²) in [5.41, 5.74) is 0.930. The van der Waals surface area contributed by atoms with Crippen LogP contribution in [0.2, 0.25) is 5.15 Å². The Morgan fingerprint density at radius 1 is 1.61 bits per heavy atom. The number of pyridine rings is 1. The monoisotopic (exact) mass is 269 g/mol. The lowest BCUT2D eigenvalue weighted by molar-refractivity contribution is -0.486. The van der Waals surface area contributed by atoms with Crippen LogP contribution in [0.25, 0.3) is 0 Å². The molecule has 7 nitrogen and oxygen atoms in total. The Morgan fingerprint density at radius 2 is 2.44 bits per heavy atom. The standard InChI is InChI=1S/C10H12ClN5O2/c11-9-3-2-8(6-13-9)7-15-5-1-4-12-10(15)14-16(17)18/h2-3,6H,1,4-5,7H2,(H,12,14). The largest absolute Gasteiger partial charge is 0.351 e. The highest BCUT2D eigenvalue weighted by molar-refractivity contribution is 6.29. The van der Waals surface area contributed by atoms with E-state index in [1.165, 1.54) is 0 Å². The zero-order chi connectivity index (χ0) is 13.0. The highest BCUT2D eigenvalue weighted by atomic mass is 35.5. The van der Waals surface area contributed by atoms with E-state index < -0.39 is 5.03 Å². The summed E-state index contributed by atoms with van der Waals surface area (Å²) in [7, 11) is 0. The topological polar surface area (TPSA) is 83.7 Å². The number of nitrogens with one attached hydrogen (secondary N) is 1. The van der Waals surface area contributed by atoms with Gasteiger partial charge in [0.15, 0.2) is 5.03 Å². The van der Waals surface area contributed by atoms with E-state index in [0.717, 1.165) is 18.5 Å². The Kier molecular flexibility index (Phi) is 3.93. The fourth-order valence-corrected chi connectivity index (χ4v) is 1.85. The normalized spacial score (nSPS) is 17.6. The number of aromatic nitrogens is 1. The predicted octanol–water partition coefficient (Wildman–Crippen LogP) is 1.08. The van der Waals surface area contributed by atoms with Crippen LogP contribution in [0.5, 0.6) is 0 Å². The Morgan fingerprint density at radius 3 is 3.11 bits per heavy atom. The molecule has 2 rings (SSSR count). The summed E-state index contributed by atoms with van der Waals surface area (Å²) in [6.45, 7) is 1.94. The Balaban J connectivity index is 2.10. The Hall–Kier alpha value is -1.89. The molecule has 1 N–H and O–H groups in total. The Bertz CT molecular complexity index is 462. The lowest BCUT2D eigenvalue weighted by Gasteiger charge is -2.28. The van der Waals surface area contributed by atoms with Crippen LogP contribution in [0.4, 0.5) is 0 Å². The zero-order valence-electron chi connectivity index (χ0n) is 9.54. The highest BCUT2D eigenvalue weighted by Gasteiger charge is 2.19. The number of hydrogen-bond donors (Lipinski definition) is 1. The smallest absolute Gasteiger partial charge is 0.271 e. The van der Waals surface area contributed by atoms with E-state index in [9.17, 15) is 10.1 Å². The average Bonchev–Trinajstić information content (AvgIpc) is 2.34. The van der Waals surface area contributed by atoms with Crippen LogP contribution < -0.4 is 5.32 Å². The van der Waals surface area contributed by atoms with Gasteiger partial charge in [-0.1, -0.05) is 17.7 Å². The quantitative estimate of drug-likeness (QED) is 0.504. The highest BCUT2D eigenvalue weighted by Crippen LogP contribution is 2.10. The molecule has 1 aromatic heterocycles. The molecule has 0 bridgehead atoms. The van der Waals surface area contributed by atoms with Crippen LogP contribution in [-0.2, 0) is 6.54 Å². The van der Waals surface area contributed by atoms with Crippen LogP contribution in [0.1, 0.15) is 12.0 Å². The molecule has 0 aliphatic carbocycles. The van der Waals surface area contributed by atoms with E-state index in [2.05, 4.69) is 15.4 Å². The fourth-order valence-electron chi connectivity index (χ4n) is 1.74. The number of hydrazone groups is 1. The second kappa shape index (κ2) is 5.63. The lowest BCUT2D eigenvalue weighted by atomic mass is 10.2. The second-order valence-corrected chi connectivity index (χ2v) is 4.24. The number of halogens is 1. The fraction of sp³-hybridized carbons (Fsp3) is 0.400. The van der Waals surface area contributed by atoms with Gasteiger partial charge in [0, 0.05) is 25.8 Å². The first-order chi connectivity index (χ1) is 8.65. The van der Waals surface area contributed by atoms with Crippen molar-refractivity contribution in [3.05, 3.63) is 39.2 Å². The summed E-state index contributed by atoms with van der Waals surface area (Å²) in [5.74, 6) is 0.293. The van der Waals surface area contributed by atoms with Gasteiger partial charge < -0.3 is 10.2 Å². The summed E-state index contributed by atoms with van der Waals surface area (Å²) < 4.78 is 0. The number of nitro groups is 1. The molecule has 8 heteroatoms. The molecule has 0 radical (unpaired) electrons. The van der Waals surface area contributed by atoms with Gasteiger partial charge in [0.1, 0.15) is 10.3 Å². The zero-order valence-corrected chi connectivity index (χ0v) is 10.3. The maximum Gasteiger partial charge on any atom is 0.271 e. The molecule has 1 aliphatic heterocycles. The van der Waals surface area contributed by atoms with Gasteiger partial charge in [0.2, 0.25) is 0 Å². The van der Waals surface area contributed by atoms with Crippen molar-refractivity contribution in [2.45, 2.75) is 13.0 Å². The molecular formula is C10H12ClN5O2. The SMILES string of the molecule is O=[N+]([O-])N=C1NCCCN1Cc1ccc(Cl)nc1. The van der Waals surface area contributed by atoms with Gasteiger partial charge in [0.25, 0.3) is 5.96 Å².